The van der Waals surface area contributed by atoms with Gasteiger partial charge in [-0.2, -0.15) is 0 Å². The van der Waals surface area contributed by atoms with Crippen molar-refractivity contribution in [2.75, 3.05) is 7.11 Å². The van der Waals surface area contributed by atoms with Crippen LogP contribution in [-0.2, 0) is 0 Å². The molecule has 17 heavy (non-hydrogen) atoms. The first-order valence-electron chi connectivity index (χ1n) is 5.33. The van der Waals surface area contributed by atoms with Crippen molar-refractivity contribution in [2.45, 2.75) is 6.92 Å². The predicted molar refractivity (Wildman–Crippen MR) is 66.2 cm³/mol. The Morgan fingerprint density at radius 3 is 2.53 bits per heavy atom. The zero-order chi connectivity index (χ0) is 12.3. The first-order valence-corrected chi connectivity index (χ1v) is 5.33. The lowest BCUT2D eigenvalue weighted by Gasteiger charge is -2.07. The van der Waals surface area contributed by atoms with E-state index in [-0.39, 0.29) is 5.78 Å². The van der Waals surface area contributed by atoms with E-state index in [1.54, 1.807) is 26.3 Å². The first-order chi connectivity index (χ1) is 8.22. The molecule has 0 spiro atoms. The summed E-state index contributed by atoms with van der Waals surface area (Å²) in [6.07, 6.45) is 1.71. The van der Waals surface area contributed by atoms with Crippen molar-refractivity contribution in [2.24, 2.45) is 0 Å². The second-order valence-corrected chi connectivity index (χ2v) is 3.69. The van der Waals surface area contributed by atoms with Gasteiger partial charge in [-0.15, -0.1) is 0 Å². The van der Waals surface area contributed by atoms with E-state index in [4.69, 9.17) is 4.74 Å². The van der Waals surface area contributed by atoms with Gasteiger partial charge in [-0.1, -0.05) is 24.3 Å². The molecule has 0 atom stereocenters. The van der Waals surface area contributed by atoms with Gasteiger partial charge in [-0.25, -0.2) is 4.98 Å². The molecule has 0 aliphatic rings. The zero-order valence-electron chi connectivity index (χ0n) is 9.81. The van der Waals surface area contributed by atoms with E-state index < -0.39 is 0 Å². The molecule has 3 nitrogen and oxygen atoms in total. The molecule has 0 saturated carbocycles. The summed E-state index contributed by atoms with van der Waals surface area (Å²) in [6.45, 7) is 1.57. The smallest absolute Gasteiger partial charge is 0.212 e. The quantitative estimate of drug-likeness (QED) is 0.757. The van der Waals surface area contributed by atoms with Crippen molar-refractivity contribution in [1.29, 1.82) is 0 Å². The van der Waals surface area contributed by atoms with Crippen LogP contribution in [0.5, 0.6) is 5.88 Å². The third-order valence-corrected chi connectivity index (χ3v) is 2.56. The molecule has 3 heteroatoms. The number of benzene rings is 1. The number of carbonyl (C=O) groups excluding carboxylic acids is 1. The Hall–Kier alpha value is -2.16. The van der Waals surface area contributed by atoms with E-state index in [2.05, 4.69) is 4.98 Å². The number of ether oxygens (including phenoxy) is 1. The Morgan fingerprint density at radius 1 is 1.18 bits per heavy atom. The summed E-state index contributed by atoms with van der Waals surface area (Å²) >= 11 is 0. The summed E-state index contributed by atoms with van der Waals surface area (Å²) in [6, 6.07) is 11.2. The normalized spacial score (nSPS) is 10.0. The molecule has 1 aromatic heterocycles. The third kappa shape index (κ3) is 2.33. The van der Waals surface area contributed by atoms with Crippen LogP contribution in [0, 0.1) is 0 Å². The summed E-state index contributed by atoms with van der Waals surface area (Å²) in [5, 5.41) is 0. The lowest BCUT2D eigenvalue weighted by atomic mass is 9.99. The Morgan fingerprint density at radius 2 is 1.94 bits per heavy atom. The van der Waals surface area contributed by atoms with Gasteiger partial charge >= 0.3 is 0 Å². The molecule has 2 aromatic rings. The largest absolute Gasteiger partial charge is 0.481 e. The number of Topliss-reactive ketones (excluding diaryl/α,β-unsaturated/α-hetero) is 1. The van der Waals surface area contributed by atoms with Crippen LogP contribution in [0.3, 0.4) is 0 Å². The number of hydrogen-bond donors (Lipinski definition) is 0. The minimum Gasteiger partial charge on any atom is -0.481 e. The van der Waals surface area contributed by atoms with Crippen molar-refractivity contribution in [3.05, 3.63) is 48.2 Å². The average molecular weight is 227 g/mol. The van der Waals surface area contributed by atoms with Crippen molar-refractivity contribution < 1.29 is 9.53 Å². The van der Waals surface area contributed by atoms with Crippen LogP contribution in [-0.4, -0.2) is 17.9 Å². The molecule has 2 rings (SSSR count). The van der Waals surface area contributed by atoms with Crippen LogP contribution in [0.4, 0.5) is 0 Å². The number of nitrogens with zero attached hydrogens (tertiary/aromatic N) is 1. The summed E-state index contributed by atoms with van der Waals surface area (Å²) in [5.41, 5.74) is 2.52. The second-order valence-electron chi connectivity index (χ2n) is 3.69. The molecule has 1 heterocycles. The van der Waals surface area contributed by atoms with Gasteiger partial charge in [0.05, 0.1) is 7.11 Å². The highest BCUT2D eigenvalue weighted by molar-refractivity contribution is 6.00. The van der Waals surface area contributed by atoms with E-state index in [1.165, 1.54) is 0 Å². The van der Waals surface area contributed by atoms with Crippen LogP contribution in [0.1, 0.15) is 17.3 Å². The van der Waals surface area contributed by atoms with Gasteiger partial charge in [0.15, 0.2) is 5.78 Å². The molecular formula is C14H13NO2. The van der Waals surface area contributed by atoms with Crippen LogP contribution >= 0.6 is 0 Å². The van der Waals surface area contributed by atoms with Gasteiger partial charge < -0.3 is 4.74 Å². The summed E-state index contributed by atoms with van der Waals surface area (Å²) in [7, 11) is 1.57. The van der Waals surface area contributed by atoms with Crippen LogP contribution in [0.15, 0.2) is 42.6 Å². The van der Waals surface area contributed by atoms with E-state index >= 15 is 0 Å². The number of ketones is 1. The maximum atomic E-state index is 11.5. The van der Waals surface area contributed by atoms with Crippen molar-refractivity contribution >= 4 is 5.78 Å². The van der Waals surface area contributed by atoms with Crippen molar-refractivity contribution in [3.63, 3.8) is 0 Å². The topological polar surface area (TPSA) is 39.2 Å². The highest BCUT2D eigenvalue weighted by Crippen LogP contribution is 2.24. The Bertz CT molecular complexity index is 532. The molecule has 1 aromatic carbocycles. The second kappa shape index (κ2) is 4.78. The van der Waals surface area contributed by atoms with Gasteiger partial charge in [0, 0.05) is 23.4 Å². The monoisotopic (exact) mass is 227 g/mol. The molecule has 0 saturated heterocycles. The highest BCUT2D eigenvalue weighted by Gasteiger charge is 2.08. The first kappa shape index (κ1) is 11.3. The number of pyridine rings is 1. The minimum atomic E-state index is 0.0522. The van der Waals surface area contributed by atoms with Gasteiger partial charge in [0.1, 0.15) is 0 Å². The van der Waals surface area contributed by atoms with Gasteiger partial charge in [-0.05, 0) is 18.6 Å². The molecule has 0 aliphatic carbocycles. The fourth-order valence-electron chi connectivity index (χ4n) is 1.70. The summed E-state index contributed by atoms with van der Waals surface area (Å²) in [5.74, 6) is 0.616. The van der Waals surface area contributed by atoms with E-state index in [0.29, 0.717) is 11.4 Å². The number of rotatable bonds is 3. The molecule has 0 unspecified atom stereocenters. The molecular weight excluding hydrogens is 214 g/mol. The highest BCUT2D eigenvalue weighted by atomic mass is 16.5. The molecule has 0 amide bonds. The van der Waals surface area contributed by atoms with Gasteiger partial charge in [-0.3, -0.25) is 4.79 Å². The van der Waals surface area contributed by atoms with E-state index in [1.807, 2.05) is 30.3 Å². The number of aromatic nitrogens is 1. The SMILES string of the molecule is COc1ccc(-c2ccccc2C(C)=O)cn1. The number of hydrogen-bond acceptors (Lipinski definition) is 3. The number of carbonyl (C=O) groups is 1. The zero-order valence-corrected chi connectivity index (χ0v) is 9.81. The van der Waals surface area contributed by atoms with Crippen molar-refractivity contribution in [3.8, 4) is 17.0 Å². The molecule has 0 bridgehead atoms. The standard InChI is InChI=1S/C14H13NO2/c1-10(16)12-5-3-4-6-13(12)11-7-8-14(17-2)15-9-11/h3-9H,1-2H3. The van der Waals surface area contributed by atoms with E-state index in [9.17, 15) is 4.79 Å². The maximum Gasteiger partial charge on any atom is 0.212 e. The summed E-state index contributed by atoms with van der Waals surface area (Å²) < 4.78 is 5.00. The molecule has 0 fully saturated rings. The minimum absolute atomic E-state index is 0.0522. The molecule has 86 valence electrons. The Labute approximate surface area is 100 Å². The van der Waals surface area contributed by atoms with Crippen LogP contribution in [0.25, 0.3) is 11.1 Å². The third-order valence-electron chi connectivity index (χ3n) is 2.56. The Balaban J connectivity index is 2.48. The molecule has 0 N–H and O–H groups in total. The fourth-order valence-corrected chi connectivity index (χ4v) is 1.70. The summed E-state index contributed by atoms with van der Waals surface area (Å²) in [4.78, 5) is 15.7. The molecule has 0 radical (unpaired) electrons. The Kier molecular flexibility index (Phi) is 3.19. The van der Waals surface area contributed by atoms with Crippen molar-refractivity contribution in [1.82, 2.24) is 4.98 Å². The molecule has 0 aliphatic heterocycles. The van der Waals surface area contributed by atoms with Crippen LogP contribution < -0.4 is 4.74 Å². The van der Waals surface area contributed by atoms with Crippen LogP contribution in [0.2, 0.25) is 0 Å². The average Bonchev–Trinajstić information content (AvgIpc) is 2.39. The maximum absolute atomic E-state index is 11.5. The lowest BCUT2D eigenvalue weighted by molar-refractivity contribution is 0.101. The van der Waals surface area contributed by atoms with Gasteiger partial charge in [0.2, 0.25) is 5.88 Å². The number of methoxy groups -OCH3 is 1. The lowest BCUT2D eigenvalue weighted by Crippen LogP contribution is -1.96. The van der Waals surface area contributed by atoms with Gasteiger partial charge in [0.25, 0.3) is 0 Å². The fraction of sp³-hybridized carbons (Fsp3) is 0.143. The van der Waals surface area contributed by atoms with E-state index in [0.717, 1.165) is 11.1 Å². The predicted octanol–water partition coefficient (Wildman–Crippen LogP) is 2.96.